The molecule has 0 saturated carbocycles. The van der Waals surface area contributed by atoms with E-state index in [0.29, 0.717) is 6.54 Å². The van der Waals surface area contributed by atoms with Crippen molar-refractivity contribution in [1.29, 1.82) is 0 Å². The first-order chi connectivity index (χ1) is 17.1. The summed E-state index contributed by atoms with van der Waals surface area (Å²) < 4.78 is 20.7. The van der Waals surface area contributed by atoms with Gasteiger partial charge < -0.3 is 25.0 Å². The van der Waals surface area contributed by atoms with Gasteiger partial charge in [0.15, 0.2) is 5.75 Å². The molecule has 2 aliphatic rings. The van der Waals surface area contributed by atoms with Gasteiger partial charge in [-0.25, -0.2) is 9.37 Å². The fourth-order valence-corrected chi connectivity index (χ4v) is 4.64. The number of amides is 3. The number of aromatic hydroxyl groups is 1. The number of pyridine rings is 1. The van der Waals surface area contributed by atoms with Crippen LogP contribution in [0.15, 0.2) is 30.9 Å². The van der Waals surface area contributed by atoms with Crippen LogP contribution in [0.3, 0.4) is 0 Å². The molecular formula is C25H26ClFN4O5. The number of carbonyl (C=O) groups excluding carboxylic acids is 3. The lowest BCUT2D eigenvalue weighted by atomic mass is 10.1. The lowest BCUT2D eigenvalue weighted by Crippen LogP contribution is -2.57. The molecule has 1 saturated heterocycles. The van der Waals surface area contributed by atoms with Gasteiger partial charge in [0.05, 0.1) is 11.6 Å². The maximum atomic E-state index is 14.8. The number of ether oxygens (including phenoxy) is 1. The largest absolute Gasteiger partial charge is 0.507 e. The molecule has 3 amide bonds. The zero-order valence-electron chi connectivity index (χ0n) is 19.9. The van der Waals surface area contributed by atoms with Crippen molar-refractivity contribution in [2.45, 2.75) is 26.3 Å². The number of hydrogen-bond acceptors (Lipinski definition) is 6. The van der Waals surface area contributed by atoms with Gasteiger partial charge in [0.2, 0.25) is 11.8 Å². The molecule has 1 aromatic carbocycles. The Bertz CT molecular complexity index is 1230. The van der Waals surface area contributed by atoms with Crippen LogP contribution in [0.5, 0.6) is 11.5 Å². The third-order valence-corrected chi connectivity index (χ3v) is 6.39. The molecule has 190 valence electrons. The standard InChI is InChI=1S/C25H26ClFN4O5/c1-4-18(34)30-8-9-31-14(11-30)12-36-23-20(25(31)35)24(28-17(33)10-13(2)3)29-22(21(23)26)19-15(27)6-5-7-16(19)32/h4-7,13-14,32H,1,8-12H2,2-3H3,(H,28,29,33)/t14-/m1/s1. The number of rotatable bonds is 5. The number of carbonyl (C=O) groups is 3. The highest BCUT2D eigenvalue weighted by Crippen LogP contribution is 2.45. The fraction of sp³-hybridized carbons (Fsp3) is 0.360. The van der Waals surface area contributed by atoms with Crippen LogP contribution in [-0.4, -0.2) is 69.9 Å². The van der Waals surface area contributed by atoms with E-state index in [1.165, 1.54) is 18.2 Å². The first-order valence-electron chi connectivity index (χ1n) is 11.5. The van der Waals surface area contributed by atoms with E-state index in [-0.39, 0.29) is 71.4 Å². The zero-order valence-corrected chi connectivity index (χ0v) is 20.6. The summed E-state index contributed by atoms with van der Waals surface area (Å²) in [6.45, 7) is 7.95. The molecule has 0 aliphatic carbocycles. The van der Waals surface area contributed by atoms with Gasteiger partial charge in [-0.2, -0.15) is 0 Å². The number of nitrogens with zero attached hydrogens (tertiary/aromatic N) is 3. The smallest absolute Gasteiger partial charge is 0.261 e. The molecule has 1 atom stereocenters. The molecule has 2 aromatic rings. The second kappa shape index (κ2) is 10.1. The second-order valence-corrected chi connectivity index (χ2v) is 9.44. The monoisotopic (exact) mass is 516 g/mol. The maximum absolute atomic E-state index is 14.8. The van der Waals surface area contributed by atoms with E-state index in [1.807, 2.05) is 13.8 Å². The summed E-state index contributed by atoms with van der Waals surface area (Å²) in [4.78, 5) is 46.0. The van der Waals surface area contributed by atoms with Crippen LogP contribution in [0.25, 0.3) is 11.3 Å². The van der Waals surface area contributed by atoms with E-state index in [4.69, 9.17) is 16.3 Å². The molecule has 11 heteroatoms. The molecule has 2 N–H and O–H groups in total. The van der Waals surface area contributed by atoms with Crippen molar-refractivity contribution in [1.82, 2.24) is 14.8 Å². The van der Waals surface area contributed by atoms with Crippen molar-refractivity contribution in [3.05, 3.63) is 47.3 Å². The van der Waals surface area contributed by atoms with Gasteiger partial charge in [0.1, 0.15) is 40.3 Å². The van der Waals surface area contributed by atoms with Gasteiger partial charge in [-0.05, 0) is 24.1 Å². The molecule has 1 aromatic heterocycles. The predicted octanol–water partition coefficient (Wildman–Crippen LogP) is 3.46. The molecule has 4 rings (SSSR count). The molecule has 2 aliphatic heterocycles. The Labute approximate surface area is 212 Å². The number of fused-ring (bicyclic) bond motifs is 2. The summed E-state index contributed by atoms with van der Waals surface area (Å²) in [7, 11) is 0. The highest BCUT2D eigenvalue weighted by molar-refractivity contribution is 6.35. The maximum Gasteiger partial charge on any atom is 0.261 e. The highest BCUT2D eigenvalue weighted by Gasteiger charge is 2.40. The van der Waals surface area contributed by atoms with Crippen LogP contribution in [0.4, 0.5) is 10.2 Å². The number of halogens is 2. The lowest BCUT2D eigenvalue weighted by molar-refractivity contribution is -0.128. The Morgan fingerprint density at radius 3 is 2.78 bits per heavy atom. The Balaban J connectivity index is 1.84. The topological polar surface area (TPSA) is 112 Å². The van der Waals surface area contributed by atoms with Crippen LogP contribution in [-0.2, 0) is 9.59 Å². The molecular weight excluding hydrogens is 491 g/mol. The van der Waals surface area contributed by atoms with Crippen LogP contribution in [0.2, 0.25) is 5.02 Å². The minimum Gasteiger partial charge on any atom is -0.507 e. The van der Waals surface area contributed by atoms with Gasteiger partial charge >= 0.3 is 0 Å². The number of phenolic OH excluding ortho intramolecular Hbond substituents is 1. The van der Waals surface area contributed by atoms with Crippen LogP contribution < -0.4 is 10.1 Å². The van der Waals surface area contributed by atoms with Crippen LogP contribution >= 0.6 is 11.6 Å². The summed E-state index contributed by atoms with van der Waals surface area (Å²) >= 11 is 6.61. The molecule has 36 heavy (non-hydrogen) atoms. The first kappa shape index (κ1) is 25.4. The average molecular weight is 517 g/mol. The highest BCUT2D eigenvalue weighted by atomic mass is 35.5. The number of anilines is 1. The molecule has 0 spiro atoms. The molecule has 0 unspecified atom stereocenters. The Morgan fingerprint density at radius 2 is 2.11 bits per heavy atom. The molecule has 3 heterocycles. The van der Waals surface area contributed by atoms with Gasteiger partial charge in [-0.3, -0.25) is 14.4 Å². The number of hydrogen-bond donors (Lipinski definition) is 2. The van der Waals surface area contributed by atoms with E-state index in [1.54, 1.807) is 9.80 Å². The van der Waals surface area contributed by atoms with E-state index in [0.717, 1.165) is 6.07 Å². The van der Waals surface area contributed by atoms with Crippen molar-refractivity contribution in [3.8, 4) is 22.8 Å². The number of nitrogens with one attached hydrogen (secondary N) is 1. The quantitative estimate of drug-likeness (QED) is 0.589. The summed E-state index contributed by atoms with van der Waals surface area (Å²) in [6.07, 6.45) is 1.36. The van der Waals surface area contributed by atoms with Crippen molar-refractivity contribution >= 4 is 35.1 Å². The molecule has 0 radical (unpaired) electrons. The van der Waals surface area contributed by atoms with Crippen molar-refractivity contribution in [3.63, 3.8) is 0 Å². The van der Waals surface area contributed by atoms with Crippen LogP contribution in [0, 0.1) is 11.7 Å². The summed E-state index contributed by atoms with van der Waals surface area (Å²) in [5.41, 5.74) is -0.532. The minimum absolute atomic E-state index is 0.00846. The fourth-order valence-electron chi connectivity index (χ4n) is 4.35. The van der Waals surface area contributed by atoms with Gasteiger partial charge in [0, 0.05) is 26.1 Å². The van der Waals surface area contributed by atoms with Gasteiger partial charge in [-0.1, -0.05) is 38.1 Å². The van der Waals surface area contributed by atoms with Gasteiger partial charge in [-0.15, -0.1) is 0 Å². The molecule has 0 bridgehead atoms. The average Bonchev–Trinajstić information content (AvgIpc) is 2.97. The normalized spacial score (nSPS) is 17.1. The number of aromatic nitrogens is 1. The van der Waals surface area contributed by atoms with E-state index in [9.17, 15) is 23.9 Å². The third kappa shape index (κ3) is 4.73. The SMILES string of the molecule is C=CC(=O)N1CCN2C(=O)c3c(NC(=O)CC(C)C)nc(-c4c(O)cccc4F)c(Cl)c3OC[C@H]2C1. The molecule has 1 fully saturated rings. The third-order valence-electron chi connectivity index (χ3n) is 6.04. The first-order valence-corrected chi connectivity index (χ1v) is 11.9. The van der Waals surface area contributed by atoms with Crippen LogP contribution in [0.1, 0.15) is 30.6 Å². The lowest BCUT2D eigenvalue weighted by Gasteiger charge is -2.39. The number of phenols is 1. The van der Waals surface area contributed by atoms with Crippen molar-refractivity contribution in [2.24, 2.45) is 5.92 Å². The van der Waals surface area contributed by atoms with Crippen molar-refractivity contribution < 1.29 is 28.6 Å². The Hall–Kier alpha value is -3.66. The predicted molar refractivity (Wildman–Crippen MR) is 131 cm³/mol. The summed E-state index contributed by atoms with van der Waals surface area (Å²) in [5, 5.41) is 12.8. The van der Waals surface area contributed by atoms with Crippen molar-refractivity contribution in [2.75, 3.05) is 31.6 Å². The van der Waals surface area contributed by atoms with E-state index in [2.05, 4.69) is 16.9 Å². The summed E-state index contributed by atoms with van der Waals surface area (Å²) in [5.74, 6) is -2.56. The summed E-state index contributed by atoms with van der Waals surface area (Å²) in [6, 6.07) is 3.23. The van der Waals surface area contributed by atoms with E-state index < -0.39 is 29.4 Å². The number of piperazine rings is 1. The Morgan fingerprint density at radius 1 is 1.36 bits per heavy atom. The van der Waals surface area contributed by atoms with E-state index >= 15 is 0 Å². The van der Waals surface area contributed by atoms with Gasteiger partial charge in [0.25, 0.3) is 5.91 Å². The zero-order chi connectivity index (χ0) is 26.1. The molecule has 9 nitrogen and oxygen atoms in total. The second-order valence-electron chi connectivity index (χ2n) is 9.06. The minimum atomic E-state index is -0.792. The Kier molecular flexibility index (Phi) is 7.16. The number of benzene rings is 1.